The predicted octanol–water partition coefficient (Wildman–Crippen LogP) is 3.07. The SMILES string of the molecule is COc1ccc(S(=O)(=O)N2CCCC(C(=O)N(C)c3ccccc3)C2)cc1C. The molecule has 0 spiro atoms. The molecule has 0 bridgehead atoms. The van der Waals surface area contributed by atoms with Crippen LogP contribution in [0.4, 0.5) is 5.69 Å². The van der Waals surface area contributed by atoms with Crippen LogP contribution >= 0.6 is 0 Å². The number of piperidine rings is 1. The quantitative estimate of drug-likeness (QED) is 0.771. The molecule has 28 heavy (non-hydrogen) atoms. The highest BCUT2D eigenvalue weighted by molar-refractivity contribution is 7.89. The highest BCUT2D eigenvalue weighted by Crippen LogP contribution is 2.28. The van der Waals surface area contributed by atoms with Crippen molar-refractivity contribution in [2.75, 3.05) is 32.1 Å². The minimum Gasteiger partial charge on any atom is -0.496 e. The molecule has 0 N–H and O–H groups in total. The van der Waals surface area contributed by atoms with Crippen molar-refractivity contribution in [1.82, 2.24) is 4.31 Å². The van der Waals surface area contributed by atoms with Crippen LogP contribution in [0, 0.1) is 12.8 Å². The summed E-state index contributed by atoms with van der Waals surface area (Å²) in [4.78, 5) is 14.8. The molecule has 3 rings (SSSR count). The molecule has 0 radical (unpaired) electrons. The van der Waals surface area contributed by atoms with Crippen LogP contribution in [-0.4, -0.2) is 45.9 Å². The van der Waals surface area contributed by atoms with Gasteiger partial charge in [0, 0.05) is 25.8 Å². The number of carbonyl (C=O) groups is 1. The molecular formula is C21H26N2O4S. The van der Waals surface area contributed by atoms with Gasteiger partial charge < -0.3 is 9.64 Å². The Morgan fingerprint density at radius 3 is 2.54 bits per heavy atom. The number of methoxy groups -OCH3 is 1. The lowest BCUT2D eigenvalue weighted by molar-refractivity contribution is -0.123. The van der Waals surface area contributed by atoms with Gasteiger partial charge in [0.25, 0.3) is 0 Å². The van der Waals surface area contributed by atoms with Crippen molar-refractivity contribution in [2.24, 2.45) is 5.92 Å². The monoisotopic (exact) mass is 402 g/mol. The number of ether oxygens (including phenoxy) is 1. The number of amides is 1. The van der Waals surface area contributed by atoms with Gasteiger partial charge in [0.2, 0.25) is 15.9 Å². The van der Waals surface area contributed by atoms with Crippen LogP contribution in [0.15, 0.2) is 53.4 Å². The number of carbonyl (C=O) groups excluding carboxylic acids is 1. The normalized spacial score (nSPS) is 17.9. The van der Waals surface area contributed by atoms with Crippen molar-refractivity contribution in [3.63, 3.8) is 0 Å². The lowest BCUT2D eigenvalue weighted by Gasteiger charge is -2.33. The molecule has 1 unspecified atom stereocenters. The zero-order valence-corrected chi connectivity index (χ0v) is 17.3. The van der Waals surface area contributed by atoms with Crippen LogP contribution in [0.25, 0.3) is 0 Å². The molecule has 1 aliphatic rings. The number of anilines is 1. The zero-order chi connectivity index (χ0) is 20.3. The topological polar surface area (TPSA) is 66.9 Å². The van der Waals surface area contributed by atoms with E-state index in [-0.39, 0.29) is 23.3 Å². The van der Waals surface area contributed by atoms with Crippen LogP contribution in [0.2, 0.25) is 0 Å². The predicted molar refractivity (Wildman–Crippen MR) is 109 cm³/mol. The fourth-order valence-electron chi connectivity index (χ4n) is 3.58. The summed E-state index contributed by atoms with van der Waals surface area (Å²) in [7, 11) is -0.369. The molecule has 1 aliphatic heterocycles. The third-order valence-corrected chi connectivity index (χ3v) is 7.07. The highest BCUT2D eigenvalue weighted by Gasteiger charge is 2.34. The maximum absolute atomic E-state index is 13.1. The molecule has 0 aliphatic carbocycles. The molecule has 2 aromatic carbocycles. The fourth-order valence-corrected chi connectivity index (χ4v) is 5.18. The number of hydrogen-bond donors (Lipinski definition) is 0. The number of hydrogen-bond acceptors (Lipinski definition) is 4. The van der Waals surface area contributed by atoms with E-state index in [0.29, 0.717) is 25.1 Å². The zero-order valence-electron chi connectivity index (χ0n) is 16.5. The average Bonchev–Trinajstić information content (AvgIpc) is 2.73. The van der Waals surface area contributed by atoms with E-state index >= 15 is 0 Å². The largest absolute Gasteiger partial charge is 0.496 e. The molecule has 1 fully saturated rings. The molecule has 6 nitrogen and oxygen atoms in total. The first-order valence-corrected chi connectivity index (χ1v) is 10.8. The standard InChI is InChI=1S/C21H26N2O4S/c1-16-14-19(11-12-20(16)27-3)28(25,26)23-13-7-8-17(15-23)21(24)22(2)18-9-5-4-6-10-18/h4-6,9-12,14,17H,7-8,13,15H2,1-3H3. The summed E-state index contributed by atoms with van der Waals surface area (Å²) in [5.41, 5.74) is 1.57. The first-order chi connectivity index (χ1) is 13.3. The van der Waals surface area contributed by atoms with Crippen molar-refractivity contribution >= 4 is 21.6 Å². The van der Waals surface area contributed by atoms with Crippen molar-refractivity contribution in [3.05, 3.63) is 54.1 Å². The molecule has 7 heteroatoms. The Morgan fingerprint density at radius 1 is 1.18 bits per heavy atom. The summed E-state index contributed by atoms with van der Waals surface area (Å²) < 4.78 is 32.9. The third-order valence-electron chi connectivity index (χ3n) is 5.21. The molecule has 1 heterocycles. The lowest BCUT2D eigenvalue weighted by atomic mass is 9.98. The number of sulfonamides is 1. The van der Waals surface area contributed by atoms with Gasteiger partial charge in [-0.15, -0.1) is 0 Å². The fraction of sp³-hybridized carbons (Fsp3) is 0.381. The van der Waals surface area contributed by atoms with Crippen LogP contribution in [0.5, 0.6) is 5.75 Å². The summed E-state index contributed by atoms with van der Waals surface area (Å²) in [5, 5.41) is 0. The van der Waals surface area contributed by atoms with Crippen molar-refractivity contribution in [1.29, 1.82) is 0 Å². The molecule has 0 aromatic heterocycles. The summed E-state index contributed by atoms with van der Waals surface area (Å²) in [6, 6.07) is 14.2. The minimum atomic E-state index is -3.66. The van der Waals surface area contributed by atoms with Crippen LogP contribution in [-0.2, 0) is 14.8 Å². The Kier molecular flexibility index (Phi) is 6.05. The Bertz CT molecular complexity index is 944. The summed E-state index contributed by atoms with van der Waals surface area (Å²) in [5.74, 6) is 0.236. The number of aryl methyl sites for hydroxylation is 1. The molecule has 1 amide bonds. The second-order valence-electron chi connectivity index (χ2n) is 7.07. The third kappa shape index (κ3) is 4.05. The molecule has 1 atom stereocenters. The van der Waals surface area contributed by atoms with Gasteiger partial charge in [-0.25, -0.2) is 8.42 Å². The number of rotatable bonds is 5. The molecule has 0 saturated carbocycles. The van der Waals surface area contributed by atoms with Gasteiger partial charge in [0.05, 0.1) is 17.9 Å². The number of nitrogens with zero attached hydrogens (tertiary/aromatic N) is 2. The van der Waals surface area contributed by atoms with Gasteiger partial charge in [0.15, 0.2) is 0 Å². The first-order valence-electron chi connectivity index (χ1n) is 9.32. The van der Waals surface area contributed by atoms with Gasteiger partial charge in [-0.05, 0) is 55.7 Å². The molecule has 2 aromatic rings. The van der Waals surface area contributed by atoms with Crippen LogP contribution < -0.4 is 9.64 Å². The van der Waals surface area contributed by atoms with Gasteiger partial charge in [0.1, 0.15) is 5.75 Å². The van der Waals surface area contributed by atoms with Crippen molar-refractivity contribution < 1.29 is 17.9 Å². The Balaban J connectivity index is 1.78. The van der Waals surface area contributed by atoms with Crippen LogP contribution in [0.3, 0.4) is 0 Å². The van der Waals surface area contributed by atoms with E-state index in [1.165, 1.54) is 4.31 Å². The van der Waals surface area contributed by atoms with E-state index in [0.717, 1.165) is 11.3 Å². The van der Waals surface area contributed by atoms with E-state index in [1.807, 2.05) is 37.3 Å². The van der Waals surface area contributed by atoms with E-state index in [2.05, 4.69) is 0 Å². The van der Waals surface area contributed by atoms with Crippen LogP contribution in [0.1, 0.15) is 18.4 Å². The van der Waals surface area contributed by atoms with Gasteiger partial charge in [-0.2, -0.15) is 4.31 Å². The molecule has 150 valence electrons. The number of para-hydroxylation sites is 1. The van der Waals surface area contributed by atoms with E-state index in [9.17, 15) is 13.2 Å². The second kappa shape index (κ2) is 8.32. The maximum Gasteiger partial charge on any atom is 0.243 e. The van der Waals surface area contributed by atoms with Gasteiger partial charge >= 0.3 is 0 Å². The molecular weight excluding hydrogens is 376 g/mol. The first kappa shape index (κ1) is 20.4. The van der Waals surface area contributed by atoms with E-state index < -0.39 is 10.0 Å². The summed E-state index contributed by atoms with van der Waals surface area (Å²) >= 11 is 0. The van der Waals surface area contributed by atoms with Crippen molar-refractivity contribution in [2.45, 2.75) is 24.7 Å². The van der Waals surface area contributed by atoms with Gasteiger partial charge in [-0.1, -0.05) is 18.2 Å². The van der Waals surface area contributed by atoms with E-state index in [4.69, 9.17) is 4.74 Å². The Morgan fingerprint density at radius 2 is 1.89 bits per heavy atom. The summed E-state index contributed by atoms with van der Waals surface area (Å²) in [6.07, 6.45) is 1.34. The Hall–Kier alpha value is -2.38. The highest BCUT2D eigenvalue weighted by atomic mass is 32.2. The maximum atomic E-state index is 13.1. The van der Waals surface area contributed by atoms with Gasteiger partial charge in [-0.3, -0.25) is 4.79 Å². The average molecular weight is 403 g/mol. The molecule has 1 saturated heterocycles. The summed E-state index contributed by atoms with van der Waals surface area (Å²) in [6.45, 7) is 2.44. The second-order valence-corrected chi connectivity index (χ2v) is 9.00. The number of benzene rings is 2. The Labute approximate surface area is 166 Å². The van der Waals surface area contributed by atoms with E-state index in [1.54, 1.807) is 37.3 Å². The van der Waals surface area contributed by atoms with Crippen molar-refractivity contribution in [3.8, 4) is 5.75 Å². The smallest absolute Gasteiger partial charge is 0.243 e. The minimum absolute atomic E-state index is 0.0583. The lowest BCUT2D eigenvalue weighted by Crippen LogP contribution is -2.45.